The van der Waals surface area contributed by atoms with E-state index in [0.717, 1.165) is 23.2 Å². The quantitative estimate of drug-likeness (QED) is 0.528. The Morgan fingerprint density at radius 2 is 2.04 bits per heavy atom. The van der Waals surface area contributed by atoms with Gasteiger partial charge in [-0.15, -0.1) is 10.2 Å². The van der Waals surface area contributed by atoms with Crippen LogP contribution in [0, 0.1) is 13.8 Å². The van der Waals surface area contributed by atoms with Crippen molar-refractivity contribution in [3.8, 4) is 0 Å². The minimum Gasteiger partial charge on any atom is -0.465 e. The number of benzene rings is 1. The number of hydrogen-bond donors (Lipinski definition) is 1. The van der Waals surface area contributed by atoms with Crippen molar-refractivity contribution in [1.29, 1.82) is 0 Å². The largest absolute Gasteiger partial charge is 0.465 e. The molecule has 2 aromatic rings. The van der Waals surface area contributed by atoms with E-state index in [1.807, 2.05) is 18.4 Å². The molecule has 2 rings (SSSR count). The molecule has 1 heterocycles. The minimum atomic E-state index is -0.260. The zero-order valence-electron chi connectivity index (χ0n) is 16.2. The molecule has 7 heteroatoms. The van der Waals surface area contributed by atoms with Crippen molar-refractivity contribution in [3.63, 3.8) is 0 Å². The smallest absolute Gasteiger partial charge is 0.319 e. The second-order valence-electron chi connectivity index (χ2n) is 6.08. The molecule has 0 amide bonds. The van der Waals surface area contributed by atoms with Crippen LogP contribution in [0.2, 0.25) is 0 Å². The van der Waals surface area contributed by atoms with Crippen molar-refractivity contribution in [2.75, 3.05) is 11.9 Å². The van der Waals surface area contributed by atoms with Gasteiger partial charge in [-0.2, -0.15) is 0 Å². The molecular weight excluding hydrogens is 348 g/mol. The molecule has 0 saturated carbocycles. The van der Waals surface area contributed by atoms with Crippen molar-refractivity contribution >= 4 is 23.4 Å². The van der Waals surface area contributed by atoms with Crippen LogP contribution in [0.15, 0.2) is 23.4 Å². The van der Waals surface area contributed by atoms with Crippen LogP contribution in [-0.2, 0) is 22.6 Å². The SMILES string of the molecule is CCOC(=O)[C@H](CC)Sc1nnc(CNc2ccc(C)cc2C)n1CC. The summed E-state index contributed by atoms with van der Waals surface area (Å²) in [5.41, 5.74) is 3.54. The molecule has 142 valence electrons. The molecule has 0 spiro atoms. The Morgan fingerprint density at radius 1 is 1.27 bits per heavy atom. The first-order valence-corrected chi connectivity index (χ1v) is 9.94. The van der Waals surface area contributed by atoms with Gasteiger partial charge in [0, 0.05) is 12.2 Å². The highest BCUT2D eigenvalue weighted by Crippen LogP contribution is 2.26. The molecule has 0 saturated heterocycles. The van der Waals surface area contributed by atoms with Gasteiger partial charge in [0.2, 0.25) is 0 Å². The zero-order chi connectivity index (χ0) is 19.1. The number of carbonyl (C=O) groups excluding carboxylic acids is 1. The number of esters is 1. The van der Waals surface area contributed by atoms with Gasteiger partial charge in [0.25, 0.3) is 0 Å². The molecule has 6 nitrogen and oxygen atoms in total. The van der Waals surface area contributed by atoms with E-state index in [9.17, 15) is 4.79 Å². The summed E-state index contributed by atoms with van der Waals surface area (Å²) in [7, 11) is 0. The molecule has 1 atom stereocenters. The third-order valence-electron chi connectivity index (χ3n) is 4.10. The van der Waals surface area contributed by atoms with Gasteiger partial charge >= 0.3 is 5.97 Å². The van der Waals surface area contributed by atoms with E-state index in [1.54, 1.807) is 0 Å². The van der Waals surface area contributed by atoms with E-state index in [2.05, 4.69) is 54.5 Å². The van der Waals surface area contributed by atoms with Gasteiger partial charge in [0.1, 0.15) is 5.25 Å². The summed E-state index contributed by atoms with van der Waals surface area (Å²) in [4.78, 5) is 12.0. The fraction of sp³-hybridized carbons (Fsp3) is 0.526. The number of anilines is 1. The Balaban J connectivity index is 2.10. The highest BCUT2D eigenvalue weighted by Gasteiger charge is 2.23. The summed E-state index contributed by atoms with van der Waals surface area (Å²) in [5.74, 6) is 0.661. The summed E-state index contributed by atoms with van der Waals surface area (Å²) in [6.07, 6.45) is 0.691. The monoisotopic (exact) mass is 376 g/mol. The maximum atomic E-state index is 12.0. The standard InChI is InChI=1S/C19H28N4O2S/c1-6-16(18(24)25-8-3)26-19-22-21-17(23(19)7-2)12-20-15-10-9-13(4)11-14(15)5/h9-11,16,20H,6-8,12H2,1-5H3/t16-/m0/s1. The topological polar surface area (TPSA) is 69.0 Å². The van der Waals surface area contributed by atoms with Gasteiger partial charge in [0.05, 0.1) is 13.2 Å². The molecule has 1 aromatic heterocycles. The van der Waals surface area contributed by atoms with Crippen molar-refractivity contribution in [3.05, 3.63) is 35.2 Å². The van der Waals surface area contributed by atoms with Crippen LogP contribution >= 0.6 is 11.8 Å². The van der Waals surface area contributed by atoms with E-state index in [1.165, 1.54) is 22.9 Å². The molecule has 0 aliphatic carbocycles. The van der Waals surface area contributed by atoms with Gasteiger partial charge in [-0.05, 0) is 45.7 Å². The summed E-state index contributed by atoms with van der Waals surface area (Å²) < 4.78 is 7.19. The zero-order valence-corrected chi connectivity index (χ0v) is 17.0. The molecule has 26 heavy (non-hydrogen) atoms. The van der Waals surface area contributed by atoms with Crippen LogP contribution in [0.5, 0.6) is 0 Å². The number of nitrogens with one attached hydrogen (secondary N) is 1. The lowest BCUT2D eigenvalue weighted by atomic mass is 10.1. The molecular formula is C19H28N4O2S. The maximum Gasteiger partial charge on any atom is 0.319 e. The number of carbonyl (C=O) groups is 1. The van der Waals surface area contributed by atoms with Crippen LogP contribution in [0.25, 0.3) is 0 Å². The van der Waals surface area contributed by atoms with Gasteiger partial charge in [-0.25, -0.2) is 0 Å². The fourth-order valence-electron chi connectivity index (χ4n) is 2.70. The predicted molar refractivity (Wildman–Crippen MR) is 106 cm³/mol. The average molecular weight is 377 g/mol. The molecule has 0 radical (unpaired) electrons. The Bertz CT molecular complexity index is 745. The first-order valence-electron chi connectivity index (χ1n) is 9.06. The first-order chi connectivity index (χ1) is 12.5. The summed E-state index contributed by atoms with van der Waals surface area (Å²) in [5, 5.41) is 12.5. The number of hydrogen-bond acceptors (Lipinski definition) is 6. The van der Waals surface area contributed by atoms with E-state index in [4.69, 9.17) is 4.74 Å². The summed E-state index contributed by atoms with van der Waals surface area (Å²) in [6, 6.07) is 6.33. The van der Waals surface area contributed by atoms with Crippen LogP contribution in [-0.4, -0.2) is 32.6 Å². The minimum absolute atomic E-state index is 0.194. The molecule has 0 aliphatic heterocycles. The Kier molecular flexibility index (Phi) is 7.50. The third kappa shape index (κ3) is 5.00. The number of thioether (sulfide) groups is 1. The van der Waals surface area contributed by atoms with Crippen LogP contribution in [0.3, 0.4) is 0 Å². The lowest BCUT2D eigenvalue weighted by molar-refractivity contribution is -0.142. The van der Waals surface area contributed by atoms with Crippen LogP contribution in [0.1, 0.15) is 44.1 Å². The molecule has 0 aliphatic rings. The first kappa shape index (κ1) is 20.3. The van der Waals surface area contributed by atoms with Gasteiger partial charge in [-0.1, -0.05) is 36.4 Å². The normalized spacial score (nSPS) is 12.0. The molecule has 1 aromatic carbocycles. The summed E-state index contributed by atoms with van der Waals surface area (Å²) in [6.45, 7) is 11.7. The number of rotatable bonds is 9. The third-order valence-corrected chi connectivity index (χ3v) is 5.42. The van der Waals surface area contributed by atoms with E-state index in [-0.39, 0.29) is 11.2 Å². The lowest BCUT2D eigenvalue weighted by Gasteiger charge is -2.14. The maximum absolute atomic E-state index is 12.0. The highest BCUT2D eigenvalue weighted by molar-refractivity contribution is 8.00. The van der Waals surface area contributed by atoms with Crippen molar-refractivity contribution in [2.45, 2.75) is 64.5 Å². The van der Waals surface area contributed by atoms with E-state index >= 15 is 0 Å². The molecule has 0 unspecified atom stereocenters. The van der Waals surface area contributed by atoms with Crippen molar-refractivity contribution in [1.82, 2.24) is 14.8 Å². The molecule has 0 fully saturated rings. The summed E-state index contributed by atoms with van der Waals surface area (Å²) >= 11 is 1.42. The van der Waals surface area contributed by atoms with Crippen LogP contribution in [0.4, 0.5) is 5.69 Å². The van der Waals surface area contributed by atoms with Crippen LogP contribution < -0.4 is 5.32 Å². The number of nitrogens with zero attached hydrogens (tertiary/aromatic N) is 3. The van der Waals surface area contributed by atoms with Crippen molar-refractivity contribution < 1.29 is 9.53 Å². The molecule has 0 bridgehead atoms. The lowest BCUT2D eigenvalue weighted by Crippen LogP contribution is -2.20. The highest BCUT2D eigenvalue weighted by atomic mass is 32.2. The van der Waals surface area contributed by atoms with Crippen molar-refractivity contribution in [2.24, 2.45) is 0 Å². The van der Waals surface area contributed by atoms with E-state index in [0.29, 0.717) is 19.6 Å². The predicted octanol–water partition coefficient (Wildman–Crippen LogP) is 3.96. The second kappa shape index (κ2) is 9.62. The van der Waals surface area contributed by atoms with E-state index < -0.39 is 0 Å². The van der Waals surface area contributed by atoms with Gasteiger partial charge in [-0.3, -0.25) is 4.79 Å². The number of aryl methyl sites for hydroxylation is 2. The Hall–Kier alpha value is -2.02. The Morgan fingerprint density at radius 3 is 2.65 bits per heavy atom. The number of ether oxygens (including phenoxy) is 1. The fourth-order valence-corrected chi connectivity index (χ4v) is 3.74. The Labute approximate surface area is 159 Å². The average Bonchev–Trinajstić information content (AvgIpc) is 3.00. The molecule has 1 N–H and O–H groups in total. The second-order valence-corrected chi connectivity index (χ2v) is 7.25. The van der Waals surface area contributed by atoms with Gasteiger partial charge < -0.3 is 14.6 Å². The number of aromatic nitrogens is 3. The van der Waals surface area contributed by atoms with Gasteiger partial charge in [0.15, 0.2) is 11.0 Å².